The van der Waals surface area contributed by atoms with Crippen molar-refractivity contribution in [1.29, 1.82) is 0 Å². The molecular weight excluding hydrogens is 168 g/mol. The zero-order chi connectivity index (χ0) is 9.26. The summed E-state index contributed by atoms with van der Waals surface area (Å²) in [6.07, 6.45) is 1.81. The van der Waals surface area contributed by atoms with E-state index in [0.29, 0.717) is 13.1 Å². The summed E-state index contributed by atoms with van der Waals surface area (Å²) >= 11 is 0. The summed E-state index contributed by atoms with van der Waals surface area (Å²) in [7, 11) is 0. The smallest absolute Gasteiger partial charge is 0.227 e. The van der Waals surface area contributed by atoms with Crippen molar-refractivity contribution in [2.75, 3.05) is 26.2 Å². The van der Waals surface area contributed by atoms with Gasteiger partial charge in [-0.3, -0.25) is 4.79 Å². The van der Waals surface area contributed by atoms with Crippen LogP contribution in [0.5, 0.6) is 0 Å². The quantitative estimate of drug-likeness (QED) is 0.560. The molecule has 1 amide bonds. The number of amides is 1. The normalized spacial score (nSPS) is 29.9. The van der Waals surface area contributed by atoms with Gasteiger partial charge in [-0.25, -0.2) is 0 Å². The Hall–Kier alpha value is -0.610. The fourth-order valence-electron chi connectivity index (χ4n) is 1.96. The number of piperidine rings is 1. The molecule has 0 aromatic heterocycles. The van der Waals surface area contributed by atoms with E-state index in [4.69, 9.17) is 5.11 Å². The Morgan fingerprint density at radius 3 is 2.77 bits per heavy atom. The third-order valence-electron chi connectivity index (χ3n) is 2.82. The van der Waals surface area contributed by atoms with Crippen molar-refractivity contribution in [3.63, 3.8) is 0 Å². The van der Waals surface area contributed by atoms with Crippen molar-refractivity contribution in [3.8, 4) is 0 Å². The van der Waals surface area contributed by atoms with E-state index < -0.39 is 0 Å². The summed E-state index contributed by atoms with van der Waals surface area (Å²) in [6, 6.07) is 0. The Labute approximate surface area is 77.9 Å². The highest BCUT2D eigenvalue weighted by Gasteiger charge is 2.33. The number of nitrogens with one attached hydrogen (secondary N) is 1. The molecule has 4 heteroatoms. The molecule has 0 bridgehead atoms. The molecule has 4 nitrogen and oxygen atoms in total. The van der Waals surface area contributed by atoms with Crippen LogP contribution in [0.15, 0.2) is 0 Å². The van der Waals surface area contributed by atoms with Gasteiger partial charge in [0.05, 0.1) is 12.0 Å². The molecule has 2 saturated heterocycles. The van der Waals surface area contributed by atoms with Crippen molar-refractivity contribution in [2.24, 2.45) is 5.92 Å². The highest BCUT2D eigenvalue weighted by molar-refractivity contribution is 5.80. The molecular formula is C9H16N2O2. The van der Waals surface area contributed by atoms with Crippen LogP contribution in [0.2, 0.25) is 0 Å². The lowest BCUT2D eigenvalue weighted by atomic mass is 9.96. The molecule has 0 aromatic carbocycles. The van der Waals surface area contributed by atoms with E-state index in [0.717, 1.165) is 25.9 Å². The molecule has 2 aliphatic heterocycles. The van der Waals surface area contributed by atoms with Gasteiger partial charge in [-0.2, -0.15) is 0 Å². The van der Waals surface area contributed by atoms with Crippen LogP contribution in [0.4, 0.5) is 0 Å². The SMILES string of the molecule is O=C([C@H]1CCCNC1)N1CC(O)C1. The second-order valence-electron chi connectivity index (χ2n) is 3.94. The molecule has 2 aliphatic rings. The lowest BCUT2D eigenvalue weighted by molar-refractivity contribution is -0.146. The van der Waals surface area contributed by atoms with Gasteiger partial charge < -0.3 is 15.3 Å². The topological polar surface area (TPSA) is 52.6 Å². The Morgan fingerprint density at radius 1 is 1.46 bits per heavy atom. The fourth-order valence-corrected chi connectivity index (χ4v) is 1.96. The molecule has 0 radical (unpaired) electrons. The number of β-amino-alcohol motifs (C(OH)–C–C–N with tert-alkyl or cyclic N) is 1. The van der Waals surface area contributed by atoms with Crippen LogP contribution >= 0.6 is 0 Å². The van der Waals surface area contributed by atoms with Crippen molar-refractivity contribution in [3.05, 3.63) is 0 Å². The minimum atomic E-state index is -0.277. The molecule has 2 fully saturated rings. The largest absolute Gasteiger partial charge is 0.389 e. The van der Waals surface area contributed by atoms with E-state index in [9.17, 15) is 4.79 Å². The third-order valence-corrected chi connectivity index (χ3v) is 2.82. The van der Waals surface area contributed by atoms with Crippen molar-refractivity contribution in [1.82, 2.24) is 10.2 Å². The van der Waals surface area contributed by atoms with Gasteiger partial charge in [0.15, 0.2) is 0 Å². The van der Waals surface area contributed by atoms with E-state index in [2.05, 4.69) is 5.32 Å². The van der Waals surface area contributed by atoms with Gasteiger partial charge in [0.1, 0.15) is 0 Å². The number of aliphatic hydroxyl groups is 1. The van der Waals surface area contributed by atoms with Gasteiger partial charge in [-0.15, -0.1) is 0 Å². The first kappa shape index (κ1) is 8.97. The Morgan fingerprint density at radius 2 is 2.23 bits per heavy atom. The van der Waals surface area contributed by atoms with Gasteiger partial charge in [0.2, 0.25) is 5.91 Å². The predicted molar refractivity (Wildman–Crippen MR) is 48.2 cm³/mol. The molecule has 0 spiro atoms. The average Bonchev–Trinajstić information content (AvgIpc) is 2.13. The van der Waals surface area contributed by atoms with Crippen LogP contribution in [-0.4, -0.2) is 48.2 Å². The number of carbonyl (C=O) groups is 1. The van der Waals surface area contributed by atoms with Crippen LogP contribution in [-0.2, 0) is 4.79 Å². The van der Waals surface area contributed by atoms with Gasteiger partial charge in [0, 0.05) is 19.6 Å². The highest BCUT2D eigenvalue weighted by Crippen LogP contribution is 2.17. The van der Waals surface area contributed by atoms with Gasteiger partial charge in [-0.05, 0) is 19.4 Å². The van der Waals surface area contributed by atoms with E-state index in [1.54, 1.807) is 4.90 Å². The molecule has 2 rings (SSSR count). The van der Waals surface area contributed by atoms with Gasteiger partial charge >= 0.3 is 0 Å². The Kier molecular flexibility index (Phi) is 2.51. The second kappa shape index (κ2) is 3.64. The first-order valence-corrected chi connectivity index (χ1v) is 4.95. The highest BCUT2D eigenvalue weighted by atomic mass is 16.3. The molecule has 2 heterocycles. The maximum atomic E-state index is 11.7. The number of aliphatic hydroxyl groups excluding tert-OH is 1. The van der Waals surface area contributed by atoms with Crippen molar-refractivity contribution in [2.45, 2.75) is 18.9 Å². The maximum Gasteiger partial charge on any atom is 0.227 e. The van der Waals surface area contributed by atoms with Crippen LogP contribution in [0, 0.1) is 5.92 Å². The third kappa shape index (κ3) is 1.84. The number of likely N-dealkylation sites (tertiary alicyclic amines) is 1. The van der Waals surface area contributed by atoms with Crippen molar-refractivity contribution < 1.29 is 9.90 Å². The fraction of sp³-hybridized carbons (Fsp3) is 0.889. The zero-order valence-corrected chi connectivity index (χ0v) is 7.70. The lowest BCUT2D eigenvalue weighted by Gasteiger charge is -2.39. The van der Waals surface area contributed by atoms with Crippen molar-refractivity contribution >= 4 is 5.91 Å². The standard InChI is InChI=1S/C9H16N2O2/c12-8-5-11(6-8)9(13)7-2-1-3-10-4-7/h7-8,10,12H,1-6H2/t7-/m0/s1. The Balaban J connectivity index is 1.82. The first-order valence-electron chi connectivity index (χ1n) is 4.95. The molecule has 13 heavy (non-hydrogen) atoms. The lowest BCUT2D eigenvalue weighted by Crippen LogP contribution is -2.56. The minimum Gasteiger partial charge on any atom is -0.389 e. The molecule has 1 atom stereocenters. The molecule has 0 aliphatic carbocycles. The summed E-state index contributed by atoms with van der Waals surface area (Å²) in [5, 5.41) is 12.3. The molecule has 74 valence electrons. The number of carbonyl (C=O) groups excluding carboxylic acids is 1. The number of hydrogen-bond donors (Lipinski definition) is 2. The summed E-state index contributed by atoms with van der Waals surface area (Å²) < 4.78 is 0. The number of nitrogens with zero attached hydrogens (tertiary/aromatic N) is 1. The number of hydrogen-bond acceptors (Lipinski definition) is 3. The molecule has 0 saturated carbocycles. The second-order valence-corrected chi connectivity index (χ2v) is 3.94. The average molecular weight is 184 g/mol. The van der Waals surface area contributed by atoms with E-state index in [1.165, 1.54) is 0 Å². The summed E-state index contributed by atoms with van der Waals surface area (Å²) in [5.41, 5.74) is 0. The van der Waals surface area contributed by atoms with Crippen LogP contribution in [0.3, 0.4) is 0 Å². The molecule has 2 N–H and O–H groups in total. The zero-order valence-electron chi connectivity index (χ0n) is 7.70. The number of rotatable bonds is 1. The molecule has 0 unspecified atom stereocenters. The van der Waals surface area contributed by atoms with E-state index in [1.807, 2.05) is 0 Å². The monoisotopic (exact) mass is 184 g/mol. The summed E-state index contributed by atoms with van der Waals surface area (Å²) in [5.74, 6) is 0.374. The van der Waals surface area contributed by atoms with E-state index in [-0.39, 0.29) is 17.9 Å². The summed E-state index contributed by atoms with van der Waals surface area (Å²) in [4.78, 5) is 13.5. The van der Waals surface area contributed by atoms with E-state index >= 15 is 0 Å². The Bertz CT molecular complexity index is 196. The van der Waals surface area contributed by atoms with Gasteiger partial charge in [0.25, 0.3) is 0 Å². The first-order chi connectivity index (χ1) is 6.27. The molecule has 0 aromatic rings. The maximum absolute atomic E-state index is 11.7. The predicted octanol–water partition coefficient (Wildman–Crippen LogP) is -0.811. The van der Waals surface area contributed by atoms with Crippen LogP contribution < -0.4 is 5.32 Å². The van der Waals surface area contributed by atoms with Gasteiger partial charge in [-0.1, -0.05) is 0 Å². The summed E-state index contributed by atoms with van der Waals surface area (Å²) in [6.45, 7) is 2.92. The van der Waals surface area contributed by atoms with Crippen LogP contribution in [0.25, 0.3) is 0 Å². The van der Waals surface area contributed by atoms with Crippen LogP contribution in [0.1, 0.15) is 12.8 Å². The minimum absolute atomic E-state index is 0.154.